The monoisotopic (exact) mass is 294 g/mol. The minimum absolute atomic E-state index is 0.0773. The molecule has 0 saturated heterocycles. The van der Waals surface area contributed by atoms with Gasteiger partial charge in [-0.3, -0.25) is 9.36 Å². The second-order valence-corrected chi connectivity index (χ2v) is 6.85. The van der Waals surface area contributed by atoms with Gasteiger partial charge in [-0.05, 0) is 48.3 Å². The molecule has 0 bridgehead atoms. The van der Waals surface area contributed by atoms with Gasteiger partial charge in [-0.1, -0.05) is 19.8 Å². The Hall–Kier alpha value is -0.940. The molecule has 0 radical (unpaired) electrons. The average Bonchev–Trinajstić information content (AvgIpc) is 3.04. The van der Waals surface area contributed by atoms with Crippen molar-refractivity contribution in [2.24, 2.45) is 5.41 Å². The van der Waals surface area contributed by atoms with Gasteiger partial charge in [0.15, 0.2) is 4.77 Å². The Morgan fingerprint density at radius 1 is 1.47 bits per heavy atom. The van der Waals surface area contributed by atoms with Gasteiger partial charge in [-0.2, -0.15) is 0 Å². The first kappa shape index (κ1) is 13.1. The molecule has 1 aliphatic rings. The van der Waals surface area contributed by atoms with E-state index in [1.165, 1.54) is 37.0 Å². The van der Waals surface area contributed by atoms with E-state index in [1.54, 1.807) is 4.57 Å². The Kier molecular flexibility index (Phi) is 3.35. The summed E-state index contributed by atoms with van der Waals surface area (Å²) in [5.74, 6) is 0. The lowest BCUT2D eigenvalue weighted by Crippen LogP contribution is -2.31. The Morgan fingerprint density at radius 3 is 2.89 bits per heavy atom. The summed E-state index contributed by atoms with van der Waals surface area (Å²) in [6.45, 7) is 3.00. The van der Waals surface area contributed by atoms with Crippen molar-refractivity contribution < 1.29 is 0 Å². The van der Waals surface area contributed by atoms with E-state index >= 15 is 0 Å². The fourth-order valence-corrected chi connectivity index (χ4v) is 4.25. The lowest BCUT2D eigenvalue weighted by molar-refractivity contribution is 0.233. The van der Waals surface area contributed by atoms with E-state index in [4.69, 9.17) is 12.2 Å². The van der Waals surface area contributed by atoms with Crippen molar-refractivity contribution >= 4 is 33.8 Å². The second-order valence-electron chi connectivity index (χ2n) is 5.55. The molecule has 0 atom stereocenters. The molecule has 2 aromatic rings. The zero-order chi connectivity index (χ0) is 13.5. The van der Waals surface area contributed by atoms with Crippen molar-refractivity contribution in [2.75, 3.05) is 0 Å². The van der Waals surface area contributed by atoms with Crippen LogP contribution < -0.4 is 5.56 Å². The van der Waals surface area contributed by atoms with Gasteiger partial charge in [0, 0.05) is 6.54 Å². The van der Waals surface area contributed by atoms with Crippen molar-refractivity contribution in [3.8, 4) is 0 Å². The van der Waals surface area contributed by atoms with Gasteiger partial charge in [-0.15, -0.1) is 11.3 Å². The van der Waals surface area contributed by atoms with Crippen LogP contribution >= 0.6 is 23.6 Å². The Labute approximate surface area is 121 Å². The number of fused-ring (bicyclic) bond motifs is 1. The highest BCUT2D eigenvalue weighted by atomic mass is 32.1. The third kappa shape index (κ3) is 2.19. The Balaban J connectivity index is 2.10. The number of nitrogens with one attached hydrogen (secondary N) is 1. The normalized spacial score (nSPS) is 18.2. The van der Waals surface area contributed by atoms with E-state index in [9.17, 15) is 4.79 Å². The van der Waals surface area contributed by atoms with Gasteiger partial charge in [0.2, 0.25) is 0 Å². The standard InChI is InChI=1S/C14H18N2OS2/c1-2-14(6-3-4-7-14)9-16-12(17)11-10(5-8-19-11)15-13(16)18/h5,8H,2-4,6-7,9H2,1H3,(H,15,18). The van der Waals surface area contributed by atoms with E-state index in [1.807, 2.05) is 11.4 Å². The van der Waals surface area contributed by atoms with Gasteiger partial charge < -0.3 is 4.98 Å². The van der Waals surface area contributed by atoms with Crippen molar-refractivity contribution in [3.63, 3.8) is 0 Å². The number of aromatic amines is 1. The summed E-state index contributed by atoms with van der Waals surface area (Å²) in [5, 5.41) is 1.94. The van der Waals surface area contributed by atoms with Crippen LogP contribution in [0.5, 0.6) is 0 Å². The number of thiophene rings is 1. The van der Waals surface area contributed by atoms with Crippen molar-refractivity contribution in [1.82, 2.24) is 9.55 Å². The van der Waals surface area contributed by atoms with Crippen LogP contribution in [0.4, 0.5) is 0 Å². The minimum atomic E-state index is 0.0773. The summed E-state index contributed by atoms with van der Waals surface area (Å²) in [7, 11) is 0. The molecular weight excluding hydrogens is 276 g/mol. The summed E-state index contributed by atoms with van der Waals surface area (Å²) in [6.07, 6.45) is 6.11. The Bertz CT molecular complexity index is 704. The fraction of sp³-hybridized carbons (Fsp3) is 0.571. The van der Waals surface area contributed by atoms with Crippen LogP contribution in [0.15, 0.2) is 16.2 Å². The number of aromatic nitrogens is 2. The van der Waals surface area contributed by atoms with Gasteiger partial charge in [-0.25, -0.2) is 0 Å². The third-order valence-electron chi connectivity index (χ3n) is 4.50. The van der Waals surface area contributed by atoms with Crippen LogP contribution in [0.1, 0.15) is 39.0 Å². The van der Waals surface area contributed by atoms with E-state index in [-0.39, 0.29) is 11.0 Å². The molecule has 0 aliphatic heterocycles. The number of rotatable bonds is 3. The molecule has 1 aliphatic carbocycles. The van der Waals surface area contributed by atoms with Crippen LogP contribution in [0, 0.1) is 10.2 Å². The summed E-state index contributed by atoms with van der Waals surface area (Å²) in [6, 6.07) is 1.92. The van der Waals surface area contributed by atoms with Crippen LogP contribution in [-0.2, 0) is 6.54 Å². The predicted octanol–water partition coefficient (Wildman–Crippen LogP) is 4.09. The maximum atomic E-state index is 12.5. The molecule has 0 unspecified atom stereocenters. The first-order valence-electron chi connectivity index (χ1n) is 6.85. The largest absolute Gasteiger partial charge is 0.331 e. The fourth-order valence-electron chi connectivity index (χ4n) is 3.20. The van der Waals surface area contributed by atoms with Crippen molar-refractivity contribution in [1.29, 1.82) is 0 Å². The molecule has 3 rings (SSSR count). The van der Waals surface area contributed by atoms with Crippen LogP contribution in [0.3, 0.4) is 0 Å². The van der Waals surface area contributed by atoms with Gasteiger partial charge in [0.05, 0.1) is 5.52 Å². The maximum absolute atomic E-state index is 12.5. The van der Waals surface area contributed by atoms with Crippen LogP contribution in [0.25, 0.3) is 10.2 Å². The molecule has 19 heavy (non-hydrogen) atoms. The van der Waals surface area contributed by atoms with E-state index in [0.29, 0.717) is 4.77 Å². The highest BCUT2D eigenvalue weighted by molar-refractivity contribution is 7.71. The molecule has 0 spiro atoms. The number of hydrogen-bond donors (Lipinski definition) is 1. The molecule has 1 N–H and O–H groups in total. The Morgan fingerprint density at radius 2 is 2.21 bits per heavy atom. The number of hydrogen-bond acceptors (Lipinski definition) is 3. The SMILES string of the molecule is CCC1(Cn2c(=S)[nH]c3ccsc3c2=O)CCCC1. The van der Waals surface area contributed by atoms with E-state index in [0.717, 1.165) is 23.2 Å². The van der Waals surface area contributed by atoms with E-state index in [2.05, 4.69) is 11.9 Å². The second kappa shape index (κ2) is 4.87. The smallest absolute Gasteiger partial charge is 0.272 e. The average molecular weight is 294 g/mol. The zero-order valence-electron chi connectivity index (χ0n) is 11.1. The third-order valence-corrected chi connectivity index (χ3v) is 5.72. The summed E-state index contributed by atoms with van der Waals surface area (Å²) in [4.78, 5) is 15.7. The van der Waals surface area contributed by atoms with Crippen molar-refractivity contribution in [2.45, 2.75) is 45.6 Å². The predicted molar refractivity (Wildman–Crippen MR) is 82.5 cm³/mol. The molecule has 2 heterocycles. The first-order valence-corrected chi connectivity index (χ1v) is 8.14. The van der Waals surface area contributed by atoms with Gasteiger partial charge >= 0.3 is 0 Å². The topological polar surface area (TPSA) is 37.8 Å². The van der Waals surface area contributed by atoms with Gasteiger partial charge in [0.25, 0.3) is 5.56 Å². The molecular formula is C14H18N2OS2. The molecule has 102 valence electrons. The van der Waals surface area contributed by atoms with Crippen LogP contribution in [-0.4, -0.2) is 9.55 Å². The molecule has 1 saturated carbocycles. The summed E-state index contributed by atoms with van der Waals surface area (Å²) < 4.78 is 3.14. The first-order chi connectivity index (χ1) is 9.15. The zero-order valence-corrected chi connectivity index (χ0v) is 12.7. The lowest BCUT2D eigenvalue weighted by Gasteiger charge is -2.28. The molecule has 0 amide bonds. The lowest BCUT2D eigenvalue weighted by atomic mass is 9.83. The highest BCUT2D eigenvalue weighted by Gasteiger charge is 2.33. The maximum Gasteiger partial charge on any atom is 0.272 e. The molecule has 2 aromatic heterocycles. The van der Waals surface area contributed by atoms with Crippen LogP contribution in [0.2, 0.25) is 0 Å². The molecule has 5 heteroatoms. The molecule has 1 fully saturated rings. The van der Waals surface area contributed by atoms with Gasteiger partial charge in [0.1, 0.15) is 4.70 Å². The number of H-pyrrole nitrogens is 1. The summed E-state index contributed by atoms with van der Waals surface area (Å²) >= 11 is 6.87. The summed E-state index contributed by atoms with van der Waals surface area (Å²) in [5.41, 5.74) is 1.22. The quantitative estimate of drug-likeness (QED) is 0.866. The number of nitrogens with zero attached hydrogens (tertiary/aromatic N) is 1. The van der Waals surface area contributed by atoms with E-state index < -0.39 is 0 Å². The molecule has 3 nitrogen and oxygen atoms in total. The molecule has 0 aromatic carbocycles. The minimum Gasteiger partial charge on any atom is -0.331 e. The van der Waals surface area contributed by atoms with Crippen molar-refractivity contribution in [3.05, 3.63) is 26.6 Å². The highest BCUT2D eigenvalue weighted by Crippen LogP contribution is 2.42.